The number of rotatable bonds is 2. The van der Waals surface area contributed by atoms with Crippen LogP contribution in [0.1, 0.15) is 10.5 Å². The Bertz CT molecular complexity index is 676. The molecule has 0 bridgehead atoms. The van der Waals surface area contributed by atoms with Crippen molar-refractivity contribution in [3.63, 3.8) is 0 Å². The van der Waals surface area contributed by atoms with E-state index in [-0.39, 0.29) is 26.0 Å². The van der Waals surface area contributed by atoms with Crippen LogP contribution in [0.3, 0.4) is 0 Å². The molecule has 0 saturated carbocycles. The number of carboxylic acid groups (broad SMARTS) is 1. The van der Waals surface area contributed by atoms with Gasteiger partial charge in [0.25, 0.3) is 0 Å². The minimum atomic E-state index is -1.40. The zero-order valence-electron chi connectivity index (χ0n) is 9.23. The molecule has 0 atom stereocenters. The van der Waals surface area contributed by atoms with Crippen molar-refractivity contribution in [1.29, 1.82) is 0 Å². The van der Waals surface area contributed by atoms with E-state index in [2.05, 4.69) is 0 Å². The summed E-state index contributed by atoms with van der Waals surface area (Å²) in [6, 6.07) is 5.73. The summed E-state index contributed by atoms with van der Waals surface area (Å²) in [5.74, 6) is -1.97. The van der Waals surface area contributed by atoms with E-state index in [0.29, 0.717) is 0 Å². The second kappa shape index (κ2) is 5.03. The maximum Gasteiger partial charge on any atom is 0.402 e. The van der Waals surface area contributed by atoms with Gasteiger partial charge in [0.05, 0.1) is 10.6 Å². The fourth-order valence-electron chi connectivity index (χ4n) is 1.59. The lowest BCUT2D eigenvalue weighted by Gasteiger charge is -2.09. The monoisotopic (exact) mass is 301 g/mol. The number of halogens is 3. The highest BCUT2D eigenvalue weighted by Gasteiger charge is 2.24. The van der Waals surface area contributed by atoms with Crippen LogP contribution in [-0.2, 0) is 0 Å². The Labute approximate surface area is 117 Å². The number of aromatic carboxylic acids is 1. The van der Waals surface area contributed by atoms with Gasteiger partial charge in [0.1, 0.15) is 10.8 Å². The lowest BCUT2D eigenvalue weighted by Crippen LogP contribution is -2.37. The van der Waals surface area contributed by atoms with Gasteiger partial charge in [-0.3, -0.25) is 0 Å². The Morgan fingerprint density at radius 3 is 2.47 bits per heavy atom. The van der Waals surface area contributed by atoms with Crippen LogP contribution in [0.2, 0.25) is 10.0 Å². The van der Waals surface area contributed by atoms with E-state index in [9.17, 15) is 14.4 Å². The minimum absolute atomic E-state index is 0.0218. The van der Waals surface area contributed by atoms with Gasteiger partial charge in [-0.2, -0.15) is 4.73 Å². The van der Waals surface area contributed by atoms with Gasteiger partial charge in [0.15, 0.2) is 0 Å². The van der Waals surface area contributed by atoms with Crippen molar-refractivity contribution in [2.24, 2.45) is 0 Å². The first-order chi connectivity index (χ1) is 8.91. The molecule has 2 aromatic rings. The van der Waals surface area contributed by atoms with Crippen molar-refractivity contribution in [3.05, 3.63) is 57.1 Å². The van der Waals surface area contributed by atoms with E-state index in [4.69, 9.17) is 28.3 Å². The van der Waals surface area contributed by atoms with E-state index < -0.39 is 17.5 Å². The third kappa shape index (κ3) is 2.47. The second-order valence-electron chi connectivity index (χ2n) is 3.64. The Morgan fingerprint density at radius 1 is 1.21 bits per heavy atom. The molecule has 0 unspecified atom stereocenters. The standard InChI is InChI=1S/C12H6Cl2FNO3/c13-8-3-4-10(12(17)18)16(19)11(8)7-2-1-6(15)5-9(7)14/h1-5H,(H,17,18). The normalized spacial score (nSPS) is 10.5. The van der Waals surface area contributed by atoms with Crippen LogP contribution >= 0.6 is 23.2 Å². The van der Waals surface area contributed by atoms with Gasteiger partial charge in [0.2, 0.25) is 5.69 Å². The number of nitrogens with zero attached hydrogens (tertiary/aromatic N) is 1. The summed E-state index contributed by atoms with van der Waals surface area (Å²) >= 11 is 11.7. The molecule has 0 aliphatic carbocycles. The van der Waals surface area contributed by atoms with Crippen molar-refractivity contribution in [1.82, 2.24) is 0 Å². The number of carboxylic acids is 1. The lowest BCUT2D eigenvalue weighted by atomic mass is 10.1. The highest BCUT2D eigenvalue weighted by molar-refractivity contribution is 6.36. The van der Waals surface area contributed by atoms with Crippen LogP contribution in [0, 0.1) is 11.0 Å². The number of carbonyl (C=O) groups is 1. The molecule has 98 valence electrons. The van der Waals surface area contributed by atoms with Gasteiger partial charge in [-0.1, -0.05) is 23.2 Å². The Hall–Kier alpha value is -1.85. The summed E-state index contributed by atoms with van der Waals surface area (Å²) < 4.78 is 13.1. The van der Waals surface area contributed by atoms with Gasteiger partial charge in [0, 0.05) is 6.07 Å². The van der Waals surface area contributed by atoms with E-state index >= 15 is 0 Å². The van der Waals surface area contributed by atoms with Crippen molar-refractivity contribution in [2.75, 3.05) is 0 Å². The number of aromatic nitrogens is 1. The maximum atomic E-state index is 13.0. The number of hydrogen-bond donors (Lipinski definition) is 1. The van der Waals surface area contributed by atoms with Crippen molar-refractivity contribution in [3.8, 4) is 11.3 Å². The molecule has 7 heteroatoms. The van der Waals surface area contributed by atoms with Crippen LogP contribution in [0.15, 0.2) is 30.3 Å². The first-order valence-corrected chi connectivity index (χ1v) is 5.78. The molecule has 0 fully saturated rings. The maximum absolute atomic E-state index is 13.0. The summed E-state index contributed by atoms with van der Waals surface area (Å²) in [6.07, 6.45) is 0. The minimum Gasteiger partial charge on any atom is -0.618 e. The van der Waals surface area contributed by atoms with E-state index in [1.54, 1.807) is 0 Å². The zero-order valence-corrected chi connectivity index (χ0v) is 10.7. The molecule has 0 spiro atoms. The smallest absolute Gasteiger partial charge is 0.402 e. The molecule has 19 heavy (non-hydrogen) atoms. The molecule has 0 amide bonds. The topological polar surface area (TPSA) is 64.2 Å². The van der Waals surface area contributed by atoms with Gasteiger partial charge in [-0.25, -0.2) is 9.18 Å². The number of pyridine rings is 1. The van der Waals surface area contributed by atoms with Crippen LogP contribution in [0.4, 0.5) is 4.39 Å². The third-order valence-corrected chi connectivity index (χ3v) is 3.06. The molecule has 0 radical (unpaired) electrons. The third-order valence-electron chi connectivity index (χ3n) is 2.44. The molecule has 1 N–H and O–H groups in total. The van der Waals surface area contributed by atoms with Crippen LogP contribution in [-0.4, -0.2) is 11.1 Å². The molecular weight excluding hydrogens is 296 g/mol. The molecule has 0 saturated heterocycles. The highest BCUT2D eigenvalue weighted by atomic mass is 35.5. The molecule has 0 aliphatic rings. The fraction of sp³-hybridized carbons (Fsp3) is 0. The predicted octanol–water partition coefficient (Wildman–Crippen LogP) is 3.13. The second-order valence-corrected chi connectivity index (χ2v) is 4.45. The molecular formula is C12H6Cl2FNO3. The lowest BCUT2D eigenvalue weighted by molar-refractivity contribution is -0.596. The highest BCUT2D eigenvalue weighted by Crippen LogP contribution is 2.31. The first-order valence-electron chi connectivity index (χ1n) is 5.02. The fourth-order valence-corrected chi connectivity index (χ4v) is 2.09. The Kier molecular flexibility index (Phi) is 3.59. The molecule has 4 nitrogen and oxygen atoms in total. The summed E-state index contributed by atoms with van der Waals surface area (Å²) in [6.45, 7) is 0. The summed E-state index contributed by atoms with van der Waals surface area (Å²) in [4.78, 5) is 10.9. The van der Waals surface area contributed by atoms with E-state index in [1.165, 1.54) is 12.1 Å². The van der Waals surface area contributed by atoms with E-state index in [0.717, 1.165) is 18.2 Å². The molecule has 1 aromatic heterocycles. The van der Waals surface area contributed by atoms with Crippen LogP contribution in [0.25, 0.3) is 11.3 Å². The van der Waals surface area contributed by atoms with Crippen LogP contribution in [0.5, 0.6) is 0 Å². The molecule has 1 aromatic carbocycles. The quantitative estimate of drug-likeness (QED) is 0.684. The van der Waals surface area contributed by atoms with E-state index in [1.807, 2.05) is 0 Å². The number of benzene rings is 1. The molecule has 2 rings (SSSR count). The average molecular weight is 302 g/mol. The van der Waals surface area contributed by atoms with Gasteiger partial charge in [-0.15, -0.1) is 0 Å². The Morgan fingerprint density at radius 2 is 1.89 bits per heavy atom. The molecule has 1 heterocycles. The molecule has 0 aliphatic heterocycles. The first kappa shape index (κ1) is 13.6. The number of hydrogen-bond acceptors (Lipinski definition) is 2. The van der Waals surface area contributed by atoms with Gasteiger partial charge in [-0.05, 0) is 24.3 Å². The summed E-state index contributed by atoms with van der Waals surface area (Å²) in [5.41, 5.74) is -0.475. The van der Waals surface area contributed by atoms with Crippen molar-refractivity contribution in [2.45, 2.75) is 0 Å². The average Bonchev–Trinajstić information content (AvgIpc) is 2.31. The Balaban J connectivity index is 2.74. The van der Waals surface area contributed by atoms with Crippen molar-refractivity contribution < 1.29 is 19.0 Å². The van der Waals surface area contributed by atoms with Crippen molar-refractivity contribution >= 4 is 29.2 Å². The summed E-state index contributed by atoms with van der Waals surface area (Å²) in [5, 5.41) is 20.8. The SMILES string of the molecule is O=C(O)c1ccc(Cl)c(-c2ccc(F)cc2Cl)[n+]1[O-]. The predicted molar refractivity (Wildman–Crippen MR) is 67.8 cm³/mol. The van der Waals surface area contributed by atoms with Gasteiger partial charge < -0.3 is 10.3 Å². The zero-order chi connectivity index (χ0) is 14.2. The van der Waals surface area contributed by atoms with Crippen LogP contribution < -0.4 is 4.73 Å². The van der Waals surface area contributed by atoms with Gasteiger partial charge >= 0.3 is 11.7 Å². The largest absolute Gasteiger partial charge is 0.618 e. The summed E-state index contributed by atoms with van der Waals surface area (Å²) in [7, 11) is 0.